The van der Waals surface area contributed by atoms with E-state index >= 15 is 0 Å². The molecule has 0 N–H and O–H groups in total. The lowest BCUT2D eigenvalue weighted by atomic mass is 9.75. The second-order valence-corrected chi connectivity index (χ2v) is 6.69. The van der Waals surface area contributed by atoms with Gasteiger partial charge < -0.3 is 4.90 Å². The molecule has 4 nitrogen and oxygen atoms in total. The molecule has 1 amide bonds. The van der Waals surface area contributed by atoms with Gasteiger partial charge in [0.25, 0.3) is 0 Å². The Balaban J connectivity index is 2.09. The van der Waals surface area contributed by atoms with Crippen LogP contribution in [0.2, 0.25) is 0 Å². The Kier molecular flexibility index (Phi) is 3.81. The highest BCUT2D eigenvalue weighted by Crippen LogP contribution is 2.37. The van der Waals surface area contributed by atoms with Crippen molar-refractivity contribution in [3.05, 3.63) is 0 Å². The maximum atomic E-state index is 13.2. The van der Waals surface area contributed by atoms with Crippen LogP contribution in [-0.2, 0) is 15.0 Å². The minimum Gasteiger partial charge on any atom is -0.336 e. The monoisotopic (exact) mass is 299 g/mol. The number of hydrogen-bond acceptors (Lipinski definition) is 3. The molecule has 2 rings (SSSR count). The fraction of sp³-hybridized carbons (Fsp3) is 0.909. The zero-order valence-electron chi connectivity index (χ0n) is 10.3. The first-order valence-corrected chi connectivity index (χ1v) is 7.73. The van der Waals surface area contributed by atoms with Crippen molar-refractivity contribution in [2.45, 2.75) is 37.4 Å². The van der Waals surface area contributed by atoms with Crippen molar-refractivity contribution in [2.24, 2.45) is 11.8 Å². The highest BCUT2D eigenvalue weighted by atomic mass is 32.3. The SMILES string of the molecule is O=C(N1CCC2CCCCC2C1)C(F)(F)S(=O)(=O)F. The van der Waals surface area contributed by atoms with Gasteiger partial charge in [-0.1, -0.05) is 23.1 Å². The Morgan fingerprint density at radius 2 is 1.68 bits per heavy atom. The lowest BCUT2D eigenvalue weighted by Crippen LogP contribution is -2.52. The summed E-state index contributed by atoms with van der Waals surface area (Å²) in [6.07, 6.45) is 4.54. The Morgan fingerprint density at radius 1 is 1.11 bits per heavy atom. The number of amides is 1. The first-order valence-electron chi connectivity index (χ1n) is 6.35. The summed E-state index contributed by atoms with van der Waals surface area (Å²) >= 11 is 0. The molecule has 19 heavy (non-hydrogen) atoms. The predicted molar refractivity (Wildman–Crippen MR) is 61.6 cm³/mol. The van der Waals surface area contributed by atoms with Crippen LogP contribution in [0.1, 0.15) is 32.1 Å². The van der Waals surface area contributed by atoms with Gasteiger partial charge in [0.2, 0.25) is 0 Å². The first kappa shape index (κ1) is 14.6. The molecular weight excluding hydrogens is 283 g/mol. The number of nitrogens with zero attached hydrogens (tertiary/aromatic N) is 1. The van der Waals surface area contributed by atoms with Crippen LogP contribution in [0.4, 0.5) is 12.7 Å². The molecule has 1 saturated carbocycles. The first-order chi connectivity index (χ1) is 8.73. The maximum Gasteiger partial charge on any atom is 0.451 e. The quantitative estimate of drug-likeness (QED) is 0.732. The molecule has 2 aliphatic rings. The Labute approximate surface area is 110 Å². The van der Waals surface area contributed by atoms with Crippen LogP contribution in [0.3, 0.4) is 0 Å². The fourth-order valence-electron chi connectivity index (χ4n) is 3.07. The summed E-state index contributed by atoms with van der Waals surface area (Å²) in [7, 11) is -6.20. The average molecular weight is 299 g/mol. The third-order valence-electron chi connectivity index (χ3n) is 4.13. The highest BCUT2D eigenvalue weighted by Gasteiger charge is 2.56. The second-order valence-electron chi connectivity index (χ2n) is 5.30. The van der Waals surface area contributed by atoms with Crippen molar-refractivity contribution >= 4 is 16.1 Å². The zero-order valence-corrected chi connectivity index (χ0v) is 11.1. The number of halogens is 3. The van der Waals surface area contributed by atoms with E-state index in [1.54, 1.807) is 0 Å². The van der Waals surface area contributed by atoms with Crippen LogP contribution in [-0.4, -0.2) is 37.6 Å². The number of carbonyl (C=O) groups is 1. The summed E-state index contributed by atoms with van der Waals surface area (Å²) in [6, 6.07) is 0. The van der Waals surface area contributed by atoms with Crippen molar-refractivity contribution < 1.29 is 25.9 Å². The van der Waals surface area contributed by atoms with Gasteiger partial charge in [-0.3, -0.25) is 4.79 Å². The smallest absolute Gasteiger partial charge is 0.336 e. The van der Waals surface area contributed by atoms with Gasteiger partial charge in [-0.25, -0.2) is 0 Å². The Hall–Kier alpha value is -0.790. The van der Waals surface area contributed by atoms with E-state index in [0.29, 0.717) is 12.3 Å². The van der Waals surface area contributed by atoms with Gasteiger partial charge in [-0.2, -0.15) is 17.2 Å². The molecule has 0 radical (unpaired) electrons. The number of fused-ring (bicyclic) bond motifs is 1. The van der Waals surface area contributed by atoms with Crippen LogP contribution in [0, 0.1) is 11.8 Å². The topological polar surface area (TPSA) is 54.5 Å². The van der Waals surface area contributed by atoms with Crippen molar-refractivity contribution in [3.8, 4) is 0 Å². The van der Waals surface area contributed by atoms with Gasteiger partial charge in [0, 0.05) is 13.1 Å². The molecule has 8 heteroatoms. The molecule has 2 unspecified atom stereocenters. The summed E-state index contributed by atoms with van der Waals surface area (Å²) in [6.45, 7) is 0.180. The normalized spacial score (nSPS) is 28.9. The number of likely N-dealkylation sites (tertiary alicyclic amines) is 1. The minimum absolute atomic E-state index is 0.0745. The summed E-state index contributed by atoms with van der Waals surface area (Å²) in [4.78, 5) is 12.3. The third-order valence-corrected chi connectivity index (χ3v) is 4.92. The molecule has 2 fully saturated rings. The van der Waals surface area contributed by atoms with Crippen molar-refractivity contribution in [1.29, 1.82) is 0 Å². The van der Waals surface area contributed by atoms with Crippen LogP contribution in [0.15, 0.2) is 0 Å². The van der Waals surface area contributed by atoms with Gasteiger partial charge in [0.1, 0.15) is 0 Å². The minimum atomic E-state index is -6.20. The predicted octanol–water partition coefficient (Wildman–Crippen LogP) is 1.92. The Bertz CT molecular complexity index is 466. The maximum absolute atomic E-state index is 13.2. The fourth-order valence-corrected chi connectivity index (χ4v) is 3.41. The number of carbonyl (C=O) groups excluding carboxylic acids is 1. The highest BCUT2D eigenvalue weighted by molar-refractivity contribution is 7.88. The number of hydrogen-bond donors (Lipinski definition) is 0. The van der Waals surface area contributed by atoms with Crippen LogP contribution >= 0.6 is 0 Å². The summed E-state index contributed by atoms with van der Waals surface area (Å²) in [5.41, 5.74) is 0. The lowest BCUT2D eigenvalue weighted by molar-refractivity contribution is -0.150. The molecule has 0 aromatic rings. The van der Waals surface area contributed by atoms with E-state index in [2.05, 4.69) is 0 Å². The molecule has 0 bridgehead atoms. The van der Waals surface area contributed by atoms with Crippen LogP contribution in [0.25, 0.3) is 0 Å². The van der Waals surface area contributed by atoms with E-state index in [0.717, 1.165) is 30.6 Å². The molecule has 1 aliphatic heterocycles. The van der Waals surface area contributed by atoms with E-state index in [1.807, 2.05) is 0 Å². The zero-order chi connectivity index (χ0) is 14.3. The van der Waals surface area contributed by atoms with Gasteiger partial charge in [0.15, 0.2) is 0 Å². The van der Waals surface area contributed by atoms with E-state index in [4.69, 9.17) is 0 Å². The molecule has 0 aromatic carbocycles. The second kappa shape index (κ2) is 4.96. The number of piperidine rings is 1. The van der Waals surface area contributed by atoms with Gasteiger partial charge in [-0.15, -0.1) is 0 Å². The molecule has 0 aromatic heterocycles. The summed E-state index contributed by atoms with van der Waals surface area (Å²) in [5, 5.41) is -4.96. The van der Waals surface area contributed by atoms with E-state index in [1.165, 1.54) is 0 Å². The van der Waals surface area contributed by atoms with Crippen LogP contribution in [0.5, 0.6) is 0 Å². The average Bonchev–Trinajstić information content (AvgIpc) is 2.36. The van der Waals surface area contributed by atoms with Gasteiger partial charge in [-0.05, 0) is 24.7 Å². The number of rotatable bonds is 2. The van der Waals surface area contributed by atoms with E-state index in [9.17, 15) is 25.9 Å². The largest absolute Gasteiger partial charge is 0.451 e. The molecule has 1 heterocycles. The molecule has 110 valence electrons. The van der Waals surface area contributed by atoms with Crippen molar-refractivity contribution in [2.75, 3.05) is 13.1 Å². The Morgan fingerprint density at radius 3 is 2.26 bits per heavy atom. The molecule has 2 atom stereocenters. The third kappa shape index (κ3) is 2.73. The van der Waals surface area contributed by atoms with Crippen molar-refractivity contribution in [3.63, 3.8) is 0 Å². The molecule has 0 spiro atoms. The van der Waals surface area contributed by atoms with Crippen LogP contribution < -0.4 is 0 Å². The molecule has 1 aliphatic carbocycles. The van der Waals surface area contributed by atoms with Gasteiger partial charge >= 0.3 is 21.4 Å². The standard InChI is InChI=1S/C11H16F3NO3S/c12-11(13,19(14,17)18)10(16)15-6-5-8-3-1-2-4-9(8)7-15/h8-9H,1-7H2. The molecule has 1 saturated heterocycles. The van der Waals surface area contributed by atoms with Gasteiger partial charge in [0.05, 0.1) is 0 Å². The van der Waals surface area contributed by atoms with E-state index in [-0.39, 0.29) is 19.0 Å². The summed E-state index contributed by atoms with van der Waals surface area (Å²) < 4.78 is 59.5. The van der Waals surface area contributed by atoms with Crippen molar-refractivity contribution in [1.82, 2.24) is 4.90 Å². The number of alkyl halides is 2. The van der Waals surface area contributed by atoms with E-state index < -0.39 is 21.4 Å². The lowest BCUT2D eigenvalue weighted by Gasteiger charge is -2.41. The summed E-state index contributed by atoms with van der Waals surface area (Å²) in [5.74, 6) is -1.39. The molecular formula is C11H16F3NO3S.